The van der Waals surface area contributed by atoms with E-state index in [9.17, 15) is 0 Å². The van der Waals surface area contributed by atoms with Gasteiger partial charge in [-0.1, -0.05) is 0 Å². The Morgan fingerprint density at radius 2 is 2.06 bits per heavy atom. The number of benzene rings is 1. The summed E-state index contributed by atoms with van der Waals surface area (Å²) in [6, 6.07) is 6.33. The number of anilines is 1. The van der Waals surface area contributed by atoms with E-state index in [1.54, 1.807) is 7.11 Å². The summed E-state index contributed by atoms with van der Waals surface area (Å²) >= 11 is 0. The maximum atomic E-state index is 5.35. The number of nitrogens with zero attached hydrogens (tertiary/aromatic N) is 1. The predicted octanol–water partition coefficient (Wildman–Crippen LogP) is 1.73. The van der Waals surface area contributed by atoms with Crippen molar-refractivity contribution in [2.45, 2.75) is 19.3 Å². The zero-order valence-electron chi connectivity index (χ0n) is 10.3. The molecular formula is C13H20N2O2. The second-order valence-electron chi connectivity index (χ2n) is 4.31. The molecule has 0 atom stereocenters. The lowest BCUT2D eigenvalue weighted by molar-refractivity contribution is 0.140. The first kappa shape index (κ1) is 12.2. The number of nitrogens with two attached hydrogens (primary N) is 1. The topological polar surface area (TPSA) is 47.7 Å². The third-order valence-corrected chi connectivity index (χ3v) is 3.22. The molecule has 0 aromatic heterocycles. The van der Waals surface area contributed by atoms with Crippen LogP contribution in [0.1, 0.15) is 18.4 Å². The number of methoxy groups -OCH3 is 1. The van der Waals surface area contributed by atoms with E-state index in [2.05, 4.69) is 21.9 Å². The molecule has 0 bridgehead atoms. The first-order chi connectivity index (χ1) is 8.35. The number of hydrogen-bond acceptors (Lipinski definition) is 4. The maximum absolute atomic E-state index is 5.35. The largest absolute Gasteiger partial charge is 0.496 e. The second kappa shape index (κ2) is 5.89. The fraction of sp³-hybridized carbons (Fsp3) is 0.538. The molecule has 0 unspecified atom stereocenters. The van der Waals surface area contributed by atoms with Crippen molar-refractivity contribution < 1.29 is 9.57 Å². The van der Waals surface area contributed by atoms with Gasteiger partial charge in [-0.25, -0.2) is 5.90 Å². The summed E-state index contributed by atoms with van der Waals surface area (Å²) in [5.74, 6) is 5.98. The van der Waals surface area contributed by atoms with Gasteiger partial charge in [0.25, 0.3) is 0 Å². The van der Waals surface area contributed by atoms with Crippen LogP contribution in [0.2, 0.25) is 0 Å². The Morgan fingerprint density at radius 3 is 2.71 bits per heavy atom. The van der Waals surface area contributed by atoms with Gasteiger partial charge in [0.1, 0.15) is 5.75 Å². The van der Waals surface area contributed by atoms with Crippen LogP contribution in [0, 0.1) is 0 Å². The van der Waals surface area contributed by atoms with Crippen molar-refractivity contribution in [1.29, 1.82) is 0 Å². The molecule has 0 aliphatic carbocycles. The Kier molecular flexibility index (Phi) is 4.23. The van der Waals surface area contributed by atoms with Crippen molar-refractivity contribution in [2.24, 2.45) is 5.90 Å². The van der Waals surface area contributed by atoms with Crippen molar-refractivity contribution >= 4 is 5.69 Å². The summed E-state index contributed by atoms with van der Waals surface area (Å²) < 4.78 is 5.35. The van der Waals surface area contributed by atoms with Gasteiger partial charge in [-0.15, -0.1) is 0 Å². The Bertz CT molecular complexity index is 362. The van der Waals surface area contributed by atoms with Crippen LogP contribution in [0.3, 0.4) is 0 Å². The number of hydrogen-bond donors (Lipinski definition) is 1. The van der Waals surface area contributed by atoms with E-state index in [4.69, 9.17) is 10.6 Å². The van der Waals surface area contributed by atoms with Crippen LogP contribution in [0.4, 0.5) is 5.69 Å². The highest BCUT2D eigenvalue weighted by atomic mass is 16.6. The quantitative estimate of drug-likeness (QED) is 0.791. The third kappa shape index (κ3) is 2.90. The molecule has 1 aliphatic rings. The highest BCUT2D eigenvalue weighted by molar-refractivity contribution is 5.53. The molecule has 0 amide bonds. The molecule has 17 heavy (non-hydrogen) atoms. The summed E-state index contributed by atoms with van der Waals surface area (Å²) in [5.41, 5.74) is 2.43. The lowest BCUT2D eigenvalue weighted by Crippen LogP contribution is -2.17. The van der Waals surface area contributed by atoms with Crippen LogP contribution in [0.5, 0.6) is 5.75 Å². The van der Waals surface area contributed by atoms with Crippen molar-refractivity contribution in [2.75, 3.05) is 31.7 Å². The van der Waals surface area contributed by atoms with Crippen LogP contribution in [0.15, 0.2) is 18.2 Å². The molecule has 4 heteroatoms. The standard InChI is InChI=1S/C13H20N2O2/c1-16-13-5-4-12(15-7-2-3-8-15)10-11(13)6-9-17-14/h4-5,10H,2-3,6-9,14H2,1H3. The molecule has 1 saturated heterocycles. The van der Waals surface area contributed by atoms with Crippen LogP contribution in [-0.4, -0.2) is 26.8 Å². The summed E-state index contributed by atoms with van der Waals surface area (Å²) in [5, 5.41) is 0. The SMILES string of the molecule is COc1ccc(N2CCCC2)cc1CCON. The zero-order valence-corrected chi connectivity index (χ0v) is 10.3. The minimum Gasteiger partial charge on any atom is -0.496 e. The Morgan fingerprint density at radius 1 is 1.29 bits per heavy atom. The van der Waals surface area contributed by atoms with Gasteiger partial charge in [-0.05, 0) is 36.6 Å². The highest BCUT2D eigenvalue weighted by Gasteiger charge is 2.14. The average Bonchev–Trinajstić information content (AvgIpc) is 2.89. The fourth-order valence-corrected chi connectivity index (χ4v) is 2.30. The van der Waals surface area contributed by atoms with Gasteiger partial charge in [-0.3, -0.25) is 0 Å². The van der Waals surface area contributed by atoms with Crippen LogP contribution in [-0.2, 0) is 11.3 Å². The minimum atomic E-state index is 0.514. The summed E-state index contributed by atoms with van der Waals surface area (Å²) in [7, 11) is 1.69. The molecule has 1 aromatic rings. The molecule has 94 valence electrons. The maximum Gasteiger partial charge on any atom is 0.122 e. The Labute approximate surface area is 102 Å². The van der Waals surface area contributed by atoms with Crippen LogP contribution >= 0.6 is 0 Å². The van der Waals surface area contributed by atoms with E-state index in [-0.39, 0.29) is 0 Å². The van der Waals surface area contributed by atoms with Gasteiger partial charge in [0.15, 0.2) is 0 Å². The smallest absolute Gasteiger partial charge is 0.122 e. The molecule has 1 heterocycles. The van der Waals surface area contributed by atoms with E-state index in [1.165, 1.54) is 18.5 Å². The fourth-order valence-electron chi connectivity index (χ4n) is 2.30. The molecule has 2 rings (SSSR count). The first-order valence-corrected chi connectivity index (χ1v) is 6.08. The van der Waals surface area contributed by atoms with E-state index in [0.29, 0.717) is 6.61 Å². The van der Waals surface area contributed by atoms with Crippen molar-refractivity contribution in [3.8, 4) is 5.75 Å². The minimum absolute atomic E-state index is 0.514. The molecule has 0 saturated carbocycles. The summed E-state index contributed by atoms with van der Waals surface area (Å²) in [4.78, 5) is 7.05. The Balaban J connectivity index is 2.17. The van der Waals surface area contributed by atoms with Gasteiger partial charge in [0, 0.05) is 25.2 Å². The molecule has 1 aliphatic heterocycles. The third-order valence-electron chi connectivity index (χ3n) is 3.22. The van der Waals surface area contributed by atoms with Gasteiger partial charge in [-0.2, -0.15) is 0 Å². The summed E-state index contributed by atoms with van der Waals surface area (Å²) in [6.45, 7) is 2.82. The van der Waals surface area contributed by atoms with E-state index >= 15 is 0 Å². The molecule has 2 N–H and O–H groups in total. The van der Waals surface area contributed by atoms with Crippen molar-refractivity contribution in [1.82, 2.24) is 0 Å². The van der Waals surface area contributed by atoms with Gasteiger partial charge in [0.2, 0.25) is 0 Å². The molecule has 1 aromatic carbocycles. The lowest BCUT2D eigenvalue weighted by atomic mass is 10.1. The average molecular weight is 236 g/mol. The molecule has 0 spiro atoms. The lowest BCUT2D eigenvalue weighted by Gasteiger charge is -2.19. The molecule has 4 nitrogen and oxygen atoms in total. The monoisotopic (exact) mass is 236 g/mol. The molecule has 1 fully saturated rings. The second-order valence-corrected chi connectivity index (χ2v) is 4.31. The number of rotatable bonds is 5. The van der Waals surface area contributed by atoms with E-state index in [1.807, 2.05) is 6.07 Å². The molecular weight excluding hydrogens is 216 g/mol. The van der Waals surface area contributed by atoms with E-state index in [0.717, 1.165) is 30.8 Å². The normalized spacial score (nSPS) is 15.3. The predicted molar refractivity (Wildman–Crippen MR) is 68.3 cm³/mol. The van der Waals surface area contributed by atoms with Gasteiger partial charge in [0.05, 0.1) is 13.7 Å². The van der Waals surface area contributed by atoms with Crippen molar-refractivity contribution in [3.05, 3.63) is 23.8 Å². The van der Waals surface area contributed by atoms with E-state index < -0.39 is 0 Å². The highest BCUT2D eigenvalue weighted by Crippen LogP contribution is 2.27. The van der Waals surface area contributed by atoms with Crippen LogP contribution in [0.25, 0.3) is 0 Å². The van der Waals surface area contributed by atoms with Gasteiger partial charge < -0.3 is 14.5 Å². The van der Waals surface area contributed by atoms with Crippen molar-refractivity contribution in [3.63, 3.8) is 0 Å². The summed E-state index contributed by atoms with van der Waals surface area (Å²) in [6.07, 6.45) is 3.35. The Hall–Kier alpha value is -1.26. The van der Waals surface area contributed by atoms with Crippen LogP contribution < -0.4 is 15.5 Å². The van der Waals surface area contributed by atoms with Gasteiger partial charge >= 0.3 is 0 Å². The number of ether oxygens (including phenoxy) is 1. The molecule has 0 radical (unpaired) electrons. The zero-order chi connectivity index (χ0) is 12.1. The first-order valence-electron chi connectivity index (χ1n) is 6.08.